The first-order valence-corrected chi connectivity index (χ1v) is 14.6. The highest BCUT2D eigenvalue weighted by molar-refractivity contribution is 7.84. The largest absolute Gasteiger partial charge is 0.492 e. The average molecular weight is 555 g/mol. The van der Waals surface area contributed by atoms with Crippen molar-refractivity contribution >= 4 is 37.5 Å². The van der Waals surface area contributed by atoms with Crippen molar-refractivity contribution in [2.45, 2.75) is 19.3 Å². The number of carbonyl (C=O) groups is 1. The number of ketones is 1. The summed E-state index contributed by atoms with van der Waals surface area (Å²) >= 11 is 1.29. The molecular weight excluding hydrogens is 527 g/mol. The summed E-state index contributed by atoms with van der Waals surface area (Å²) in [6.45, 7) is 3.68. The molecule has 0 atom stereocenters. The van der Waals surface area contributed by atoms with Crippen LogP contribution in [0.4, 0.5) is 4.39 Å². The van der Waals surface area contributed by atoms with E-state index in [1.54, 1.807) is 42.5 Å². The molecule has 0 radical (unpaired) electrons. The molecule has 0 unspecified atom stereocenters. The van der Waals surface area contributed by atoms with E-state index in [2.05, 4.69) is 4.90 Å². The van der Waals surface area contributed by atoms with Gasteiger partial charge >= 0.3 is 10.3 Å². The first-order valence-electron chi connectivity index (χ1n) is 12.3. The number of nitrogens with two attached hydrogens (primary N) is 1. The topological polar surface area (TPSA) is 98.9 Å². The first-order chi connectivity index (χ1) is 18.3. The minimum absolute atomic E-state index is 0.0389. The zero-order valence-electron chi connectivity index (χ0n) is 20.6. The number of rotatable bonds is 9. The molecule has 0 aliphatic carbocycles. The molecule has 1 fully saturated rings. The van der Waals surface area contributed by atoms with E-state index < -0.39 is 10.3 Å². The molecule has 38 heavy (non-hydrogen) atoms. The molecule has 198 valence electrons. The number of fused-ring (bicyclic) bond motifs is 1. The number of likely N-dealkylation sites (tertiary alicyclic amines) is 1. The quantitative estimate of drug-likeness (QED) is 0.279. The third kappa shape index (κ3) is 6.21. The molecule has 5 rings (SSSR count). The fourth-order valence-electron chi connectivity index (χ4n) is 4.62. The Labute approximate surface area is 224 Å². The molecule has 0 bridgehead atoms. The molecule has 0 saturated carbocycles. The molecule has 0 amide bonds. The molecule has 2 heterocycles. The molecule has 1 aliphatic heterocycles. The van der Waals surface area contributed by atoms with Gasteiger partial charge in [-0.3, -0.25) is 9.69 Å². The predicted octanol–water partition coefficient (Wildman–Crippen LogP) is 5.39. The molecule has 7 nitrogen and oxygen atoms in total. The van der Waals surface area contributed by atoms with Gasteiger partial charge in [0.15, 0.2) is 5.78 Å². The van der Waals surface area contributed by atoms with Gasteiger partial charge in [0.25, 0.3) is 0 Å². The second kappa shape index (κ2) is 11.2. The summed E-state index contributed by atoms with van der Waals surface area (Å²) in [7, 11) is -4.20. The lowest BCUT2D eigenvalue weighted by molar-refractivity contribution is 0.104. The Kier molecular flexibility index (Phi) is 7.75. The van der Waals surface area contributed by atoms with E-state index in [4.69, 9.17) is 14.1 Å². The van der Waals surface area contributed by atoms with Crippen LogP contribution in [0.25, 0.3) is 20.5 Å². The third-order valence-corrected chi connectivity index (χ3v) is 8.08. The lowest BCUT2D eigenvalue weighted by atomic mass is 9.97. The van der Waals surface area contributed by atoms with Crippen molar-refractivity contribution in [1.82, 2.24) is 4.90 Å². The van der Waals surface area contributed by atoms with Gasteiger partial charge in [-0.25, -0.2) is 4.39 Å². The lowest BCUT2D eigenvalue weighted by Crippen LogP contribution is -2.33. The van der Waals surface area contributed by atoms with Crippen LogP contribution in [-0.2, 0) is 10.3 Å². The van der Waals surface area contributed by atoms with Crippen LogP contribution >= 0.6 is 11.3 Å². The first kappa shape index (κ1) is 26.3. The Morgan fingerprint density at radius 1 is 0.947 bits per heavy atom. The Morgan fingerprint density at radius 2 is 1.63 bits per heavy atom. The minimum atomic E-state index is -4.20. The molecule has 10 heteroatoms. The minimum Gasteiger partial charge on any atom is -0.492 e. The van der Waals surface area contributed by atoms with Crippen LogP contribution in [0.15, 0.2) is 66.7 Å². The number of hydrogen-bond acceptors (Lipinski definition) is 7. The van der Waals surface area contributed by atoms with E-state index in [0.717, 1.165) is 19.6 Å². The van der Waals surface area contributed by atoms with Crippen molar-refractivity contribution in [1.29, 1.82) is 0 Å². The summed E-state index contributed by atoms with van der Waals surface area (Å²) in [6, 6.07) is 17.5. The Bertz CT molecular complexity index is 1540. The summed E-state index contributed by atoms with van der Waals surface area (Å²) in [6.07, 6.45) is 3.75. The lowest BCUT2D eigenvalue weighted by Gasteiger charge is -2.26. The maximum absolute atomic E-state index is 13.8. The van der Waals surface area contributed by atoms with E-state index >= 15 is 0 Å². The Morgan fingerprint density at radius 3 is 2.32 bits per heavy atom. The zero-order valence-corrected chi connectivity index (χ0v) is 22.2. The normalized spacial score (nSPS) is 14.5. The van der Waals surface area contributed by atoms with Crippen LogP contribution in [0.1, 0.15) is 35.2 Å². The maximum Gasteiger partial charge on any atom is 0.380 e. The molecular formula is C28H27FN2O5S2. The summed E-state index contributed by atoms with van der Waals surface area (Å²) in [5, 5.41) is 5.64. The highest BCUT2D eigenvalue weighted by atomic mass is 32.2. The number of benzene rings is 3. The van der Waals surface area contributed by atoms with Crippen LogP contribution in [0.2, 0.25) is 0 Å². The number of thiophene rings is 1. The van der Waals surface area contributed by atoms with Gasteiger partial charge in [-0.1, -0.05) is 18.6 Å². The average Bonchev–Trinajstić information content (AvgIpc) is 3.27. The number of piperidine rings is 1. The van der Waals surface area contributed by atoms with Crippen molar-refractivity contribution in [3.63, 3.8) is 0 Å². The second-order valence-corrected chi connectivity index (χ2v) is 11.4. The summed E-state index contributed by atoms with van der Waals surface area (Å²) in [5.74, 6) is 0.132. The number of nitrogens with zero attached hydrogens (tertiary/aromatic N) is 1. The zero-order chi connectivity index (χ0) is 26.7. The van der Waals surface area contributed by atoms with Crippen molar-refractivity contribution in [3.05, 3.63) is 83.7 Å². The molecule has 0 spiro atoms. The SMILES string of the molecule is NS(=O)(=O)Oc1ccc2c(C(=O)c3ccc(OCCN4CCCCC4)cc3)c(-c3ccc(F)cc3)sc2c1. The second-order valence-electron chi connectivity index (χ2n) is 9.15. The van der Waals surface area contributed by atoms with E-state index in [1.165, 1.54) is 54.9 Å². The van der Waals surface area contributed by atoms with Crippen LogP contribution in [0, 0.1) is 5.82 Å². The standard InChI is InChI=1S/C28H27FN2O5S2/c29-21-8-4-20(5-9-21)28-26(24-13-12-23(18-25(24)37-28)36-38(30,33)34)27(32)19-6-10-22(11-7-19)35-17-16-31-14-2-1-3-15-31/h4-13,18H,1-3,14-17H2,(H2,30,33,34). The van der Waals surface area contributed by atoms with Crippen LogP contribution in [0.3, 0.4) is 0 Å². The van der Waals surface area contributed by atoms with Crippen LogP contribution < -0.4 is 14.1 Å². The Hall–Kier alpha value is -3.31. The maximum atomic E-state index is 13.8. The van der Waals surface area contributed by atoms with Crippen LogP contribution in [0.5, 0.6) is 11.5 Å². The van der Waals surface area contributed by atoms with Gasteiger partial charge in [-0.2, -0.15) is 13.6 Å². The summed E-state index contributed by atoms with van der Waals surface area (Å²) in [4.78, 5) is 16.8. The molecule has 1 aliphatic rings. The van der Waals surface area contributed by atoms with Gasteiger partial charge in [0.05, 0.1) is 0 Å². The smallest absolute Gasteiger partial charge is 0.380 e. The number of carbonyl (C=O) groups excluding carboxylic acids is 1. The predicted molar refractivity (Wildman–Crippen MR) is 147 cm³/mol. The van der Waals surface area contributed by atoms with Gasteiger partial charge in [0, 0.05) is 32.6 Å². The molecule has 1 aromatic heterocycles. The summed E-state index contributed by atoms with van der Waals surface area (Å²) < 4.78 is 47.7. The molecule has 4 aromatic rings. The van der Waals surface area contributed by atoms with Gasteiger partial charge < -0.3 is 8.92 Å². The number of ether oxygens (including phenoxy) is 1. The number of halogens is 1. The third-order valence-electron chi connectivity index (χ3n) is 6.45. The van der Waals surface area contributed by atoms with Gasteiger partial charge in [-0.15, -0.1) is 11.3 Å². The van der Waals surface area contributed by atoms with E-state index in [-0.39, 0.29) is 17.3 Å². The van der Waals surface area contributed by atoms with Gasteiger partial charge in [0.1, 0.15) is 23.9 Å². The van der Waals surface area contributed by atoms with Gasteiger partial charge in [-0.05, 0) is 86.1 Å². The highest BCUT2D eigenvalue weighted by Crippen LogP contribution is 2.41. The van der Waals surface area contributed by atoms with Crippen molar-refractivity contribution in [2.75, 3.05) is 26.2 Å². The van der Waals surface area contributed by atoms with Crippen molar-refractivity contribution in [2.24, 2.45) is 5.14 Å². The number of hydrogen-bond donors (Lipinski definition) is 1. The molecule has 2 N–H and O–H groups in total. The van der Waals surface area contributed by atoms with E-state index in [9.17, 15) is 17.6 Å². The van der Waals surface area contributed by atoms with Crippen molar-refractivity contribution < 1.29 is 26.5 Å². The molecule has 3 aromatic carbocycles. The van der Waals surface area contributed by atoms with E-state index in [0.29, 0.717) is 44.0 Å². The van der Waals surface area contributed by atoms with Crippen LogP contribution in [-0.4, -0.2) is 45.3 Å². The molecule has 1 saturated heterocycles. The summed E-state index contributed by atoms with van der Waals surface area (Å²) in [5.41, 5.74) is 1.58. The van der Waals surface area contributed by atoms with Crippen molar-refractivity contribution in [3.8, 4) is 21.9 Å². The highest BCUT2D eigenvalue weighted by Gasteiger charge is 2.22. The Balaban J connectivity index is 1.42. The fourth-order valence-corrected chi connectivity index (χ4v) is 6.22. The monoisotopic (exact) mass is 554 g/mol. The van der Waals surface area contributed by atoms with E-state index in [1.807, 2.05) is 0 Å². The fraction of sp³-hybridized carbons (Fsp3) is 0.250. The van der Waals surface area contributed by atoms with Gasteiger partial charge in [0.2, 0.25) is 0 Å².